The number of aromatic nitrogens is 2. The Labute approximate surface area is 218 Å². The van der Waals surface area contributed by atoms with Crippen molar-refractivity contribution in [1.82, 2.24) is 14.9 Å². The summed E-state index contributed by atoms with van der Waals surface area (Å²) >= 11 is 0. The molecule has 4 heterocycles. The van der Waals surface area contributed by atoms with Crippen LogP contribution in [0.15, 0.2) is 76.1 Å². The van der Waals surface area contributed by atoms with Crippen LogP contribution in [-0.2, 0) is 29.1 Å². The maximum absolute atomic E-state index is 13.7. The quantitative estimate of drug-likeness (QED) is 0.346. The SMILES string of the molecule is COCc1cc(=O)c(O)c([C@@H](CC(=O)N2CCc3c([nH]c4ccccc34)C2)c2ccc3ncccc3c2)o1. The van der Waals surface area contributed by atoms with Crippen molar-refractivity contribution in [1.29, 1.82) is 0 Å². The van der Waals surface area contributed by atoms with E-state index < -0.39 is 17.1 Å². The summed E-state index contributed by atoms with van der Waals surface area (Å²) in [6.07, 6.45) is 2.49. The van der Waals surface area contributed by atoms with E-state index in [1.807, 2.05) is 53.4 Å². The number of methoxy groups -OCH3 is 1. The van der Waals surface area contributed by atoms with Crippen LogP contribution >= 0.6 is 0 Å². The highest BCUT2D eigenvalue weighted by molar-refractivity contribution is 5.86. The second kappa shape index (κ2) is 9.79. The first-order valence-electron chi connectivity index (χ1n) is 12.6. The third-order valence-electron chi connectivity index (χ3n) is 7.25. The Morgan fingerprint density at radius 1 is 1.18 bits per heavy atom. The molecule has 1 aliphatic heterocycles. The molecule has 0 fully saturated rings. The lowest BCUT2D eigenvalue weighted by atomic mass is 9.90. The fourth-order valence-corrected chi connectivity index (χ4v) is 5.39. The van der Waals surface area contributed by atoms with Gasteiger partial charge in [0.05, 0.1) is 18.0 Å². The standard InChI is InChI=1S/C30H27N3O5/c1-37-17-20-14-27(34)29(36)30(38-20)23(18-8-9-24-19(13-18)5-4-11-31-24)15-28(35)33-12-10-22-21-6-2-3-7-25(21)32-26(22)16-33/h2-9,11,13-14,23,32,36H,10,12,15-17H2,1H3/t23-/m0/s1. The summed E-state index contributed by atoms with van der Waals surface area (Å²) in [6, 6.07) is 18.8. The van der Waals surface area contributed by atoms with Crippen LogP contribution in [0.3, 0.4) is 0 Å². The fraction of sp³-hybridized carbons (Fsp3) is 0.233. The first-order valence-corrected chi connectivity index (χ1v) is 12.6. The monoisotopic (exact) mass is 509 g/mol. The molecule has 0 saturated heterocycles. The highest BCUT2D eigenvalue weighted by Gasteiger charge is 2.30. The maximum atomic E-state index is 13.7. The van der Waals surface area contributed by atoms with E-state index in [1.165, 1.54) is 24.1 Å². The molecule has 0 spiro atoms. The molecular weight excluding hydrogens is 482 g/mol. The molecule has 0 aliphatic carbocycles. The Morgan fingerprint density at radius 2 is 2.05 bits per heavy atom. The first kappa shape index (κ1) is 23.9. The maximum Gasteiger partial charge on any atom is 0.227 e. The minimum Gasteiger partial charge on any atom is -0.502 e. The zero-order chi connectivity index (χ0) is 26.2. The summed E-state index contributed by atoms with van der Waals surface area (Å²) in [5.74, 6) is -0.925. The molecule has 0 saturated carbocycles. The van der Waals surface area contributed by atoms with Gasteiger partial charge in [-0.05, 0) is 41.8 Å². The van der Waals surface area contributed by atoms with Gasteiger partial charge in [-0.25, -0.2) is 0 Å². The van der Waals surface area contributed by atoms with E-state index in [2.05, 4.69) is 16.0 Å². The van der Waals surface area contributed by atoms with Crippen LogP contribution in [0, 0.1) is 0 Å². The molecule has 0 bridgehead atoms. The van der Waals surface area contributed by atoms with E-state index in [-0.39, 0.29) is 30.5 Å². The largest absolute Gasteiger partial charge is 0.502 e. The number of hydrogen-bond donors (Lipinski definition) is 2. The number of carbonyl (C=O) groups excluding carboxylic acids is 1. The van der Waals surface area contributed by atoms with Crippen LogP contribution in [-0.4, -0.2) is 39.5 Å². The van der Waals surface area contributed by atoms with Crippen molar-refractivity contribution in [3.05, 3.63) is 105 Å². The van der Waals surface area contributed by atoms with E-state index >= 15 is 0 Å². The third-order valence-corrected chi connectivity index (χ3v) is 7.25. The topological polar surface area (TPSA) is 109 Å². The van der Waals surface area contributed by atoms with Crippen molar-refractivity contribution < 1.29 is 19.1 Å². The zero-order valence-corrected chi connectivity index (χ0v) is 20.9. The van der Waals surface area contributed by atoms with Gasteiger partial charge < -0.3 is 24.1 Å². The van der Waals surface area contributed by atoms with Gasteiger partial charge >= 0.3 is 0 Å². The molecule has 1 atom stereocenters. The molecule has 192 valence electrons. The Hall–Kier alpha value is -4.43. The molecule has 8 nitrogen and oxygen atoms in total. The molecule has 2 aromatic carbocycles. The molecule has 8 heteroatoms. The van der Waals surface area contributed by atoms with Gasteiger partial charge in [0.2, 0.25) is 17.1 Å². The number of ether oxygens (including phenoxy) is 1. The second-order valence-corrected chi connectivity index (χ2v) is 9.63. The molecule has 1 amide bonds. The Kier molecular flexibility index (Phi) is 6.17. The minimum absolute atomic E-state index is 0.0221. The van der Waals surface area contributed by atoms with Crippen LogP contribution in [0.1, 0.15) is 40.7 Å². The smallest absolute Gasteiger partial charge is 0.227 e. The highest BCUT2D eigenvalue weighted by atomic mass is 16.5. The van der Waals surface area contributed by atoms with E-state index in [0.717, 1.165) is 34.1 Å². The Balaban J connectivity index is 1.37. The summed E-state index contributed by atoms with van der Waals surface area (Å²) in [4.78, 5) is 36.0. The molecule has 0 unspecified atom stereocenters. The van der Waals surface area contributed by atoms with E-state index in [4.69, 9.17) is 9.15 Å². The van der Waals surface area contributed by atoms with E-state index in [1.54, 1.807) is 6.20 Å². The number of para-hydroxylation sites is 1. The normalized spacial score (nSPS) is 14.1. The van der Waals surface area contributed by atoms with Gasteiger partial charge in [-0.2, -0.15) is 0 Å². The number of H-pyrrole nitrogens is 1. The van der Waals surface area contributed by atoms with Crippen molar-refractivity contribution in [2.75, 3.05) is 13.7 Å². The molecular formula is C30H27N3O5. The summed E-state index contributed by atoms with van der Waals surface area (Å²) < 4.78 is 11.1. The molecule has 6 rings (SSSR count). The lowest BCUT2D eigenvalue weighted by molar-refractivity contribution is -0.132. The summed E-state index contributed by atoms with van der Waals surface area (Å²) in [6.45, 7) is 1.12. The number of rotatable bonds is 6. The van der Waals surface area contributed by atoms with Crippen LogP contribution in [0.25, 0.3) is 21.8 Å². The average Bonchev–Trinajstić information content (AvgIpc) is 3.31. The van der Waals surface area contributed by atoms with Gasteiger partial charge in [0.15, 0.2) is 5.76 Å². The van der Waals surface area contributed by atoms with Gasteiger partial charge in [0.1, 0.15) is 12.4 Å². The van der Waals surface area contributed by atoms with Crippen LogP contribution < -0.4 is 5.43 Å². The molecule has 2 N–H and O–H groups in total. The van der Waals surface area contributed by atoms with Crippen molar-refractivity contribution in [3.8, 4) is 5.75 Å². The number of hydrogen-bond acceptors (Lipinski definition) is 6. The van der Waals surface area contributed by atoms with Crippen LogP contribution in [0.2, 0.25) is 0 Å². The van der Waals surface area contributed by atoms with Crippen molar-refractivity contribution in [3.63, 3.8) is 0 Å². The fourth-order valence-electron chi connectivity index (χ4n) is 5.39. The number of amides is 1. The number of fused-ring (bicyclic) bond motifs is 4. The third kappa shape index (κ3) is 4.33. The van der Waals surface area contributed by atoms with Crippen molar-refractivity contribution >= 4 is 27.7 Å². The van der Waals surface area contributed by atoms with Gasteiger partial charge in [-0.3, -0.25) is 14.6 Å². The second-order valence-electron chi connectivity index (χ2n) is 9.63. The zero-order valence-electron chi connectivity index (χ0n) is 20.9. The van der Waals surface area contributed by atoms with Crippen molar-refractivity contribution in [2.24, 2.45) is 0 Å². The molecule has 0 radical (unpaired) electrons. The number of nitrogens with one attached hydrogen (secondary N) is 1. The number of carbonyl (C=O) groups is 1. The predicted molar refractivity (Wildman–Crippen MR) is 143 cm³/mol. The van der Waals surface area contributed by atoms with Crippen molar-refractivity contribution in [2.45, 2.75) is 31.9 Å². The number of pyridine rings is 1. The predicted octanol–water partition coefficient (Wildman–Crippen LogP) is 4.63. The lowest BCUT2D eigenvalue weighted by Crippen LogP contribution is -2.36. The number of aromatic hydroxyl groups is 1. The Morgan fingerprint density at radius 3 is 2.92 bits per heavy atom. The summed E-state index contributed by atoms with van der Waals surface area (Å²) in [7, 11) is 1.50. The number of aromatic amines is 1. The van der Waals surface area contributed by atoms with Gasteiger partial charge in [-0.1, -0.05) is 30.3 Å². The van der Waals surface area contributed by atoms with Crippen LogP contribution in [0.5, 0.6) is 5.75 Å². The van der Waals surface area contributed by atoms with E-state index in [0.29, 0.717) is 13.1 Å². The molecule has 3 aromatic heterocycles. The molecule has 38 heavy (non-hydrogen) atoms. The van der Waals surface area contributed by atoms with E-state index in [9.17, 15) is 14.7 Å². The average molecular weight is 510 g/mol. The van der Waals surface area contributed by atoms with Gasteiger partial charge in [0, 0.05) is 54.3 Å². The summed E-state index contributed by atoms with van der Waals surface area (Å²) in [5, 5.41) is 12.9. The van der Waals surface area contributed by atoms with Gasteiger partial charge in [-0.15, -0.1) is 0 Å². The molecule has 5 aromatic rings. The molecule has 1 aliphatic rings. The Bertz CT molecular complexity index is 1720. The highest BCUT2D eigenvalue weighted by Crippen LogP contribution is 2.36. The lowest BCUT2D eigenvalue weighted by Gasteiger charge is -2.29. The first-order chi connectivity index (χ1) is 18.5. The summed E-state index contributed by atoms with van der Waals surface area (Å²) in [5.41, 5.74) is 4.34. The van der Waals surface area contributed by atoms with Gasteiger partial charge in [0.25, 0.3) is 0 Å². The number of benzene rings is 2. The minimum atomic E-state index is -0.680. The van der Waals surface area contributed by atoms with Crippen LogP contribution in [0.4, 0.5) is 0 Å². The number of nitrogens with zero attached hydrogens (tertiary/aromatic N) is 2.